The molecule has 0 bridgehead atoms. The molecule has 1 aliphatic rings. The van der Waals surface area contributed by atoms with E-state index in [9.17, 15) is 0 Å². The Morgan fingerprint density at radius 2 is 1.82 bits per heavy atom. The Kier molecular flexibility index (Phi) is 2.46. The van der Waals surface area contributed by atoms with Crippen LogP contribution in [0, 0.1) is 0 Å². The van der Waals surface area contributed by atoms with Crippen molar-refractivity contribution in [3.63, 3.8) is 0 Å². The van der Waals surface area contributed by atoms with Crippen molar-refractivity contribution in [3.05, 3.63) is 36.2 Å². The van der Waals surface area contributed by atoms with Gasteiger partial charge in [0.1, 0.15) is 5.82 Å². The molecule has 0 atom stereocenters. The van der Waals surface area contributed by atoms with Gasteiger partial charge in [-0.2, -0.15) is 5.10 Å². The summed E-state index contributed by atoms with van der Waals surface area (Å²) in [7, 11) is 0. The normalized spacial score (nSPS) is 18.4. The van der Waals surface area contributed by atoms with E-state index in [-0.39, 0.29) is 5.41 Å². The van der Waals surface area contributed by atoms with E-state index in [0.29, 0.717) is 0 Å². The first-order chi connectivity index (χ1) is 8.28. The van der Waals surface area contributed by atoms with Crippen LogP contribution in [0.4, 0.5) is 0 Å². The van der Waals surface area contributed by atoms with Crippen molar-refractivity contribution >= 4 is 0 Å². The molecule has 1 aromatic carbocycles. The van der Waals surface area contributed by atoms with E-state index < -0.39 is 0 Å². The van der Waals surface area contributed by atoms with E-state index >= 15 is 0 Å². The average molecular weight is 227 g/mol. The lowest BCUT2D eigenvalue weighted by Crippen LogP contribution is -2.18. The summed E-state index contributed by atoms with van der Waals surface area (Å²) in [5.41, 5.74) is 1.29. The number of aromatic amines is 1. The number of nitrogens with one attached hydrogen (secondary N) is 1. The summed E-state index contributed by atoms with van der Waals surface area (Å²) < 4.78 is 0. The molecule has 0 unspecified atom stereocenters. The van der Waals surface area contributed by atoms with Gasteiger partial charge in [0.15, 0.2) is 5.82 Å². The van der Waals surface area contributed by atoms with Crippen molar-refractivity contribution in [2.45, 2.75) is 38.0 Å². The van der Waals surface area contributed by atoms with Crippen LogP contribution < -0.4 is 0 Å². The van der Waals surface area contributed by atoms with Gasteiger partial charge in [-0.1, -0.05) is 50.1 Å². The molecule has 0 aliphatic heterocycles. The molecule has 3 heteroatoms. The van der Waals surface area contributed by atoms with E-state index in [1.165, 1.54) is 25.7 Å². The quantitative estimate of drug-likeness (QED) is 0.855. The van der Waals surface area contributed by atoms with Gasteiger partial charge < -0.3 is 0 Å². The molecule has 1 heterocycles. The second-order valence-electron chi connectivity index (χ2n) is 5.14. The lowest BCUT2D eigenvalue weighted by molar-refractivity contribution is 0.460. The van der Waals surface area contributed by atoms with E-state index in [2.05, 4.69) is 22.1 Å². The third kappa shape index (κ3) is 1.86. The monoisotopic (exact) mass is 227 g/mol. The molecule has 3 rings (SSSR count). The summed E-state index contributed by atoms with van der Waals surface area (Å²) in [4.78, 5) is 4.67. The summed E-state index contributed by atoms with van der Waals surface area (Å²) in [6.07, 6.45) is 5.04. The maximum atomic E-state index is 4.67. The summed E-state index contributed by atoms with van der Waals surface area (Å²) in [5, 5.41) is 7.47. The first kappa shape index (κ1) is 10.5. The highest BCUT2D eigenvalue weighted by Gasteiger charge is 2.33. The van der Waals surface area contributed by atoms with Crippen LogP contribution in [0.5, 0.6) is 0 Å². The van der Waals surface area contributed by atoms with Crippen molar-refractivity contribution in [3.8, 4) is 11.4 Å². The zero-order valence-corrected chi connectivity index (χ0v) is 10.1. The second-order valence-corrected chi connectivity index (χ2v) is 5.14. The highest BCUT2D eigenvalue weighted by Crippen LogP contribution is 2.39. The molecule has 1 aromatic heterocycles. The molecule has 0 saturated heterocycles. The van der Waals surface area contributed by atoms with Crippen LogP contribution in [0.2, 0.25) is 0 Å². The summed E-state index contributed by atoms with van der Waals surface area (Å²) >= 11 is 0. The van der Waals surface area contributed by atoms with Gasteiger partial charge in [-0.3, -0.25) is 5.10 Å². The van der Waals surface area contributed by atoms with Gasteiger partial charge >= 0.3 is 0 Å². The second kappa shape index (κ2) is 3.99. The third-order valence-corrected chi connectivity index (χ3v) is 3.80. The van der Waals surface area contributed by atoms with Crippen molar-refractivity contribution < 1.29 is 0 Å². The molecule has 1 fully saturated rings. The smallest absolute Gasteiger partial charge is 0.181 e. The number of hydrogen-bond acceptors (Lipinski definition) is 2. The number of benzene rings is 1. The molecule has 17 heavy (non-hydrogen) atoms. The average Bonchev–Trinajstić information content (AvgIpc) is 2.99. The summed E-state index contributed by atoms with van der Waals surface area (Å²) in [6.45, 7) is 2.29. The van der Waals surface area contributed by atoms with Gasteiger partial charge in [0.25, 0.3) is 0 Å². The summed E-state index contributed by atoms with van der Waals surface area (Å²) in [6, 6.07) is 10.1. The molecule has 0 radical (unpaired) electrons. The Morgan fingerprint density at radius 1 is 1.12 bits per heavy atom. The fourth-order valence-electron chi connectivity index (χ4n) is 2.64. The van der Waals surface area contributed by atoms with Crippen LogP contribution in [0.25, 0.3) is 11.4 Å². The van der Waals surface area contributed by atoms with Gasteiger partial charge in [-0.25, -0.2) is 4.98 Å². The van der Waals surface area contributed by atoms with Crippen LogP contribution >= 0.6 is 0 Å². The Morgan fingerprint density at radius 3 is 2.53 bits per heavy atom. The van der Waals surface area contributed by atoms with Gasteiger partial charge in [0.05, 0.1) is 0 Å². The third-order valence-electron chi connectivity index (χ3n) is 3.80. The molecular weight excluding hydrogens is 210 g/mol. The summed E-state index contributed by atoms with van der Waals surface area (Å²) in [5.74, 6) is 1.86. The maximum Gasteiger partial charge on any atom is 0.181 e. The number of hydrogen-bond donors (Lipinski definition) is 1. The van der Waals surface area contributed by atoms with Crippen LogP contribution in [-0.4, -0.2) is 15.2 Å². The molecule has 88 valence electrons. The van der Waals surface area contributed by atoms with Gasteiger partial charge in [0, 0.05) is 11.0 Å². The minimum absolute atomic E-state index is 0.208. The standard InChI is InChI=1S/C14H17N3/c1-14(9-5-6-10-14)13-15-12(16-17-13)11-7-3-2-4-8-11/h2-4,7-8H,5-6,9-10H2,1H3,(H,15,16,17). The van der Waals surface area contributed by atoms with Crippen molar-refractivity contribution in [1.82, 2.24) is 15.2 Å². The van der Waals surface area contributed by atoms with Gasteiger partial charge in [0.2, 0.25) is 0 Å². The van der Waals surface area contributed by atoms with Crippen molar-refractivity contribution in [1.29, 1.82) is 0 Å². The largest absolute Gasteiger partial charge is 0.262 e. The predicted octanol–water partition coefficient (Wildman–Crippen LogP) is 3.30. The van der Waals surface area contributed by atoms with Crippen LogP contribution in [0.1, 0.15) is 38.4 Å². The molecule has 1 N–H and O–H groups in total. The fourth-order valence-corrected chi connectivity index (χ4v) is 2.64. The lowest BCUT2D eigenvalue weighted by atomic mass is 9.88. The van der Waals surface area contributed by atoms with Crippen molar-refractivity contribution in [2.24, 2.45) is 0 Å². The fraction of sp³-hybridized carbons (Fsp3) is 0.429. The highest BCUT2D eigenvalue weighted by molar-refractivity contribution is 5.54. The predicted molar refractivity (Wildman–Crippen MR) is 67.6 cm³/mol. The molecule has 1 saturated carbocycles. The molecule has 2 aromatic rings. The molecule has 0 spiro atoms. The van der Waals surface area contributed by atoms with E-state index in [1.54, 1.807) is 0 Å². The number of nitrogens with zero attached hydrogens (tertiary/aromatic N) is 2. The molecular formula is C14H17N3. The van der Waals surface area contributed by atoms with E-state index in [0.717, 1.165) is 17.2 Å². The minimum atomic E-state index is 0.208. The van der Waals surface area contributed by atoms with Crippen molar-refractivity contribution in [2.75, 3.05) is 0 Å². The van der Waals surface area contributed by atoms with Crippen LogP contribution in [-0.2, 0) is 5.41 Å². The minimum Gasteiger partial charge on any atom is -0.262 e. The van der Waals surface area contributed by atoms with Gasteiger partial charge in [-0.05, 0) is 12.8 Å². The maximum absolute atomic E-state index is 4.67. The highest BCUT2D eigenvalue weighted by atomic mass is 15.2. The Hall–Kier alpha value is -1.64. The zero-order valence-electron chi connectivity index (χ0n) is 10.1. The lowest BCUT2D eigenvalue weighted by Gasteiger charge is -2.19. The SMILES string of the molecule is CC1(c2nc(-c3ccccc3)n[nH]2)CCCC1. The van der Waals surface area contributed by atoms with Crippen LogP contribution in [0.3, 0.4) is 0 Å². The number of H-pyrrole nitrogens is 1. The Balaban J connectivity index is 1.93. The Labute approximate surface area is 101 Å². The zero-order chi connectivity index (χ0) is 11.7. The Bertz CT molecular complexity index is 495. The topological polar surface area (TPSA) is 41.6 Å². The number of aromatic nitrogens is 3. The van der Waals surface area contributed by atoms with Crippen LogP contribution in [0.15, 0.2) is 30.3 Å². The van der Waals surface area contributed by atoms with E-state index in [4.69, 9.17) is 0 Å². The first-order valence-corrected chi connectivity index (χ1v) is 6.26. The molecule has 1 aliphatic carbocycles. The first-order valence-electron chi connectivity index (χ1n) is 6.26. The number of rotatable bonds is 2. The van der Waals surface area contributed by atoms with Gasteiger partial charge in [-0.15, -0.1) is 0 Å². The molecule has 0 amide bonds. The molecule has 3 nitrogen and oxygen atoms in total. The van der Waals surface area contributed by atoms with E-state index in [1.807, 2.05) is 30.3 Å².